The maximum absolute atomic E-state index is 8.99. The number of nitrogens with zero attached hydrogens (tertiary/aromatic N) is 2. The normalized spacial score (nSPS) is 24.7. The lowest BCUT2D eigenvalue weighted by Gasteiger charge is -2.35. The smallest absolute Gasteiger partial charge is 0.116 e. The second-order valence-corrected chi connectivity index (χ2v) is 4.52. The van der Waals surface area contributed by atoms with E-state index in [2.05, 4.69) is 16.3 Å². The van der Waals surface area contributed by atoms with Gasteiger partial charge in [0.1, 0.15) is 5.41 Å². The second-order valence-electron chi connectivity index (χ2n) is 4.52. The first-order valence-corrected chi connectivity index (χ1v) is 5.84. The van der Waals surface area contributed by atoms with Crippen molar-refractivity contribution in [1.82, 2.24) is 10.2 Å². The highest BCUT2D eigenvalue weighted by Crippen LogP contribution is 2.24. The fraction of sp³-hybridized carbons (Fsp3) is 0.909. The zero-order valence-electron chi connectivity index (χ0n) is 9.57. The van der Waals surface area contributed by atoms with Crippen LogP contribution in [0.15, 0.2) is 0 Å². The summed E-state index contributed by atoms with van der Waals surface area (Å²) in [5.74, 6) is 0. The van der Waals surface area contributed by atoms with Crippen LogP contribution in [0, 0.1) is 16.7 Å². The van der Waals surface area contributed by atoms with E-state index in [1.165, 1.54) is 0 Å². The van der Waals surface area contributed by atoms with Crippen LogP contribution in [0.3, 0.4) is 0 Å². The van der Waals surface area contributed by atoms with E-state index < -0.39 is 0 Å². The number of ether oxygens (including phenoxy) is 2. The molecule has 0 amide bonds. The zero-order valence-corrected chi connectivity index (χ0v) is 9.57. The summed E-state index contributed by atoms with van der Waals surface area (Å²) < 4.78 is 10.4. The van der Waals surface area contributed by atoms with Crippen molar-refractivity contribution in [2.45, 2.75) is 0 Å². The summed E-state index contributed by atoms with van der Waals surface area (Å²) in [4.78, 5) is 2.38. The third-order valence-corrected chi connectivity index (χ3v) is 3.17. The molecule has 16 heavy (non-hydrogen) atoms. The highest BCUT2D eigenvalue weighted by Gasteiger charge is 2.38. The molecule has 1 N–H and O–H groups in total. The Balaban J connectivity index is 1.56. The van der Waals surface area contributed by atoms with Crippen molar-refractivity contribution in [3.63, 3.8) is 0 Å². The van der Waals surface area contributed by atoms with Crippen LogP contribution in [0.25, 0.3) is 0 Å². The Hall–Kier alpha value is -0.670. The van der Waals surface area contributed by atoms with Crippen LogP contribution in [0.1, 0.15) is 0 Å². The van der Waals surface area contributed by atoms with Crippen LogP contribution in [-0.4, -0.2) is 64.1 Å². The SMILES string of the molecule is N#CC1(CNCCN2CCOCC2)COC1. The molecule has 2 aliphatic rings. The fourth-order valence-corrected chi connectivity index (χ4v) is 1.94. The largest absolute Gasteiger partial charge is 0.379 e. The van der Waals surface area contributed by atoms with E-state index in [-0.39, 0.29) is 5.41 Å². The zero-order chi connectivity index (χ0) is 11.3. The molecular formula is C11H19N3O2. The van der Waals surface area contributed by atoms with Gasteiger partial charge in [-0.15, -0.1) is 0 Å². The average Bonchev–Trinajstić information content (AvgIpc) is 2.29. The highest BCUT2D eigenvalue weighted by molar-refractivity contribution is 5.05. The Morgan fingerprint density at radius 3 is 2.56 bits per heavy atom. The van der Waals surface area contributed by atoms with Crippen molar-refractivity contribution in [3.8, 4) is 6.07 Å². The van der Waals surface area contributed by atoms with Gasteiger partial charge in [0.05, 0.1) is 32.5 Å². The van der Waals surface area contributed by atoms with E-state index in [0.29, 0.717) is 13.2 Å². The van der Waals surface area contributed by atoms with Crippen molar-refractivity contribution in [3.05, 3.63) is 0 Å². The maximum Gasteiger partial charge on any atom is 0.116 e. The van der Waals surface area contributed by atoms with Crippen LogP contribution in [0.5, 0.6) is 0 Å². The van der Waals surface area contributed by atoms with Crippen LogP contribution in [0.4, 0.5) is 0 Å². The minimum atomic E-state index is -0.259. The van der Waals surface area contributed by atoms with Crippen LogP contribution < -0.4 is 5.32 Å². The Labute approximate surface area is 96.3 Å². The van der Waals surface area contributed by atoms with Crippen molar-refractivity contribution >= 4 is 0 Å². The first-order chi connectivity index (χ1) is 7.85. The van der Waals surface area contributed by atoms with E-state index in [4.69, 9.17) is 14.7 Å². The predicted molar refractivity (Wildman–Crippen MR) is 59.0 cm³/mol. The standard InChI is InChI=1S/C11H19N3O2/c12-7-11(9-16-10-11)8-13-1-2-14-3-5-15-6-4-14/h13H,1-6,8-10H2. The number of nitrogens with one attached hydrogen (secondary N) is 1. The second kappa shape index (κ2) is 5.60. The number of hydrogen-bond donors (Lipinski definition) is 1. The molecule has 2 saturated heterocycles. The van der Waals surface area contributed by atoms with Gasteiger partial charge in [0.15, 0.2) is 0 Å². The summed E-state index contributed by atoms with van der Waals surface area (Å²) in [5, 5.41) is 12.3. The van der Waals surface area contributed by atoms with Crippen molar-refractivity contribution in [2.24, 2.45) is 5.41 Å². The molecule has 2 aliphatic heterocycles. The van der Waals surface area contributed by atoms with Gasteiger partial charge in [-0.3, -0.25) is 4.90 Å². The highest BCUT2D eigenvalue weighted by atomic mass is 16.5. The Morgan fingerprint density at radius 2 is 2.00 bits per heavy atom. The molecule has 0 aromatic heterocycles. The first kappa shape index (κ1) is 11.8. The van der Waals surface area contributed by atoms with Gasteiger partial charge >= 0.3 is 0 Å². The van der Waals surface area contributed by atoms with E-state index in [1.54, 1.807) is 0 Å². The topological polar surface area (TPSA) is 57.5 Å². The van der Waals surface area contributed by atoms with Gasteiger partial charge in [-0.05, 0) is 0 Å². The van der Waals surface area contributed by atoms with Gasteiger partial charge in [0, 0.05) is 32.7 Å². The molecule has 2 fully saturated rings. The van der Waals surface area contributed by atoms with Gasteiger partial charge in [-0.2, -0.15) is 5.26 Å². The molecule has 0 aromatic rings. The maximum atomic E-state index is 8.99. The van der Waals surface area contributed by atoms with E-state index in [0.717, 1.165) is 45.9 Å². The van der Waals surface area contributed by atoms with Gasteiger partial charge < -0.3 is 14.8 Å². The lowest BCUT2D eigenvalue weighted by molar-refractivity contribution is -0.0755. The predicted octanol–water partition coefficient (Wildman–Crippen LogP) is -0.552. The molecule has 2 heterocycles. The first-order valence-electron chi connectivity index (χ1n) is 5.84. The van der Waals surface area contributed by atoms with Crippen molar-refractivity contribution < 1.29 is 9.47 Å². The van der Waals surface area contributed by atoms with E-state index in [1.807, 2.05) is 0 Å². The number of morpholine rings is 1. The molecule has 0 spiro atoms. The Morgan fingerprint density at radius 1 is 1.25 bits per heavy atom. The van der Waals surface area contributed by atoms with E-state index in [9.17, 15) is 0 Å². The molecule has 5 heteroatoms. The lowest BCUT2D eigenvalue weighted by atomic mass is 9.88. The average molecular weight is 225 g/mol. The minimum absolute atomic E-state index is 0.259. The van der Waals surface area contributed by atoms with Crippen LogP contribution in [0.2, 0.25) is 0 Å². The quantitative estimate of drug-likeness (QED) is 0.636. The molecule has 0 aliphatic carbocycles. The summed E-state index contributed by atoms with van der Waals surface area (Å²) in [7, 11) is 0. The van der Waals surface area contributed by atoms with E-state index >= 15 is 0 Å². The van der Waals surface area contributed by atoms with Gasteiger partial charge in [-0.1, -0.05) is 0 Å². The fourth-order valence-electron chi connectivity index (χ4n) is 1.94. The van der Waals surface area contributed by atoms with Crippen molar-refractivity contribution in [1.29, 1.82) is 5.26 Å². The third kappa shape index (κ3) is 2.92. The van der Waals surface area contributed by atoms with Gasteiger partial charge in [0.2, 0.25) is 0 Å². The molecule has 90 valence electrons. The minimum Gasteiger partial charge on any atom is -0.379 e. The van der Waals surface area contributed by atoms with Crippen LogP contribution >= 0.6 is 0 Å². The summed E-state index contributed by atoms with van der Waals surface area (Å²) >= 11 is 0. The number of rotatable bonds is 5. The molecular weight excluding hydrogens is 206 g/mol. The summed E-state index contributed by atoms with van der Waals surface area (Å²) in [6.45, 7) is 7.60. The lowest BCUT2D eigenvalue weighted by Crippen LogP contribution is -2.50. The molecule has 2 rings (SSSR count). The molecule has 0 unspecified atom stereocenters. The van der Waals surface area contributed by atoms with Crippen LogP contribution in [-0.2, 0) is 9.47 Å². The Bertz CT molecular complexity index is 254. The summed E-state index contributed by atoms with van der Waals surface area (Å²) in [5.41, 5.74) is -0.259. The Kier molecular flexibility index (Phi) is 4.13. The summed E-state index contributed by atoms with van der Waals surface area (Å²) in [6.07, 6.45) is 0. The monoisotopic (exact) mass is 225 g/mol. The third-order valence-electron chi connectivity index (χ3n) is 3.17. The van der Waals surface area contributed by atoms with Gasteiger partial charge in [0.25, 0.3) is 0 Å². The molecule has 0 radical (unpaired) electrons. The number of nitriles is 1. The molecule has 0 atom stereocenters. The molecule has 0 bridgehead atoms. The molecule has 0 saturated carbocycles. The van der Waals surface area contributed by atoms with Crippen molar-refractivity contribution in [2.75, 3.05) is 59.2 Å². The summed E-state index contributed by atoms with van der Waals surface area (Å²) in [6, 6.07) is 2.33. The molecule has 0 aromatic carbocycles. The number of hydrogen-bond acceptors (Lipinski definition) is 5. The van der Waals surface area contributed by atoms with Gasteiger partial charge in [-0.25, -0.2) is 0 Å². The molecule has 5 nitrogen and oxygen atoms in total.